The van der Waals surface area contributed by atoms with Gasteiger partial charge in [0.15, 0.2) is 0 Å². The molecule has 10 heteroatoms. The largest absolute Gasteiger partial charge is 0.352 e. The number of amides is 2. The van der Waals surface area contributed by atoms with Crippen LogP contribution in [-0.2, 0) is 32.6 Å². The molecule has 0 heterocycles. The second-order valence-electron chi connectivity index (χ2n) is 10.3. The van der Waals surface area contributed by atoms with E-state index in [1.165, 1.54) is 4.31 Å². The van der Waals surface area contributed by atoms with E-state index in [1.807, 2.05) is 68.4 Å². The fourth-order valence-electron chi connectivity index (χ4n) is 4.57. The van der Waals surface area contributed by atoms with E-state index in [4.69, 9.17) is 11.6 Å². The van der Waals surface area contributed by atoms with Crippen molar-refractivity contribution < 1.29 is 18.0 Å². The third-order valence-electron chi connectivity index (χ3n) is 6.63. The molecule has 0 radical (unpaired) electrons. The summed E-state index contributed by atoms with van der Waals surface area (Å²) in [4.78, 5) is 29.0. The maximum absolute atomic E-state index is 13.9. The van der Waals surface area contributed by atoms with Crippen molar-refractivity contribution in [3.8, 4) is 0 Å². The molecule has 7 nitrogen and oxygen atoms in total. The first kappa shape index (κ1) is 32.6. The van der Waals surface area contributed by atoms with Crippen molar-refractivity contribution in [1.82, 2.24) is 10.2 Å². The molecule has 3 aromatic rings. The zero-order valence-corrected chi connectivity index (χ0v) is 27.0. The van der Waals surface area contributed by atoms with Crippen LogP contribution in [0.5, 0.6) is 0 Å². The molecule has 1 unspecified atom stereocenters. The van der Waals surface area contributed by atoms with Gasteiger partial charge < -0.3 is 10.2 Å². The molecule has 0 aromatic heterocycles. The average molecular weight is 663 g/mol. The molecule has 0 aliphatic carbocycles. The standard InChI is InChI=1S/C31H37BrClN3O4S/c1-22(2)34-31(38)29(20-24-10-6-5-7-11-24)35(21-25-15-17-26(32)18-16-25)30(37)14-9-19-36(41(4,39)40)28-13-8-12-27(33)23(28)3/h5-8,10-13,15-18,22,29H,9,14,19-21H2,1-4H3,(H,34,38). The average Bonchev–Trinajstić information content (AvgIpc) is 2.91. The monoisotopic (exact) mass is 661 g/mol. The summed E-state index contributed by atoms with van der Waals surface area (Å²) in [5.74, 6) is -0.467. The van der Waals surface area contributed by atoms with Gasteiger partial charge in [-0.3, -0.25) is 13.9 Å². The Morgan fingerprint density at radius 2 is 1.61 bits per heavy atom. The van der Waals surface area contributed by atoms with E-state index >= 15 is 0 Å². The molecule has 0 aliphatic rings. The summed E-state index contributed by atoms with van der Waals surface area (Å²) >= 11 is 9.71. The number of hydrogen-bond donors (Lipinski definition) is 1. The highest BCUT2D eigenvalue weighted by Crippen LogP contribution is 2.28. The minimum atomic E-state index is -3.63. The molecule has 3 aromatic carbocycles. The van der Waals surface area contributed by atoms with Gasteiger partial charge in [-0.15, -0.1) is 0 Å². The van der Waals surface area contributed by atoms with E-state index in [2.05, 4.69) is 21.2 Å². The van der Waals surface area contributed by atoms with Crippen LogP contribution in [0.4, 0.5) is 5.69 Å². The molecular weight excluding hydrogens is 626 g/mol. The first-order valence-corrected chi connectivity index (χ1v) is 16.5. The number of carbonyl (C=O) groups excluding carboxylic acids is 2. The predicted molar refractivity (Wildman–Crippen MR) is 170 cm³/mol. The lowest BCUT2D eigenvalue weighted by Gasteiger charge is -2.32. The second-order valence-corrected chi connectivity index (χ2v) is 13.6. The van der Waals surface area contributed by atoms with Gasteiger partial charge in [-0.25, -0.2) is 8.42 Å². The van der Waals surface area contributed by atoms with Crippen molar-refractivity contribution in [1.29, 1.82) is 0 Å². The number of anilines is 1. The summed E-state index contributed by atoms with van der Waals surface area (Å²) < 4.78 is 27.6. The van der Waals surface area contributed by atoms with Crippen molar-refractivity contribution in [3.63, 3.8) is 0 Å². The number of nitrogens with one attached hydrogen (secondary N) is 1. The maximum atomic E-state index is 13.9. The van der Waals surface area contributed by atoms with Crippen molar-refractivity contribution in [2.24, 2.45) is 0 Å². The Morgan fingerprint density at radius 1 is 0.951 bits per heavy atom. The van der Waals surface area contributed by atoms with Crippen LogP contribution in [0.2, 0.25) is 5.02 Å². The summed E-state index contributed by atoms with van der Waals surface area (Å²) in [6.45, 7) is 5.87. The molecule has 0 bridgehead atoms. The highest BCUT2D eigenvalue weighted by atomic mass is 79.9. The summed E-state index contributed by atoms with van der Waals surface area (Å²) in [5, 5.41) is 3.45. The van der Waals surface area contributed by atoms with E-state index in [-0.39, 0.29) is 43.8 Å². The molecular formula is C31H37BrClN3O4S. The lowest BCUT2D eigenvalue weighted by atomic mass is 10.0. The Morgan fingerprint density at radius 3 is 2.22 bits per heavy atom. The highest BCUT2D eigenvalue weighted by Gasteiger charge is 2.31. The minimum absolute atomic E-state index is 0.0579. The van der Waals surface area contributed by atoms with Crippen LogP contribution in [0, 0.1) is 6.92 Å². The topological polar surface area (TPSA) is 86.8 Å². The summed E-state index contributed by atoms with van der Waals surface area (Å²) in [6.07, 6.45) is 1.81. The Kier molecular flexibility index (Phi) is 11.8. The van der Waals surface area contributed by atoms with Crippen molar-refractivity contribution in [3.05, 3.63) is 99.0 Å². The van der Waals surface area contributed by atoms with Crippen molar-refractivity contribution in [2.45, 2.75) is 58.7 Å². The zero-order valence-electron chi connectivity index (χ0n) is 23.8. The van der Waals surface area contributed by atoms with Gasteiger partial charge in [-0.2, -0.15) is 0 Å². The SMILES string of the molecule is Cc1c(Cl)cccc1N(CCCC(=O)N(Cc1ccc(Br)cc1)C(Cc1ccccc1)C(=O)NC(C)C)S(C)(=O)=O. The molecule has 0 saturated heterocycles. The molecule has 1 N–H and O–H groups in total. The van der Waals surface area contributed by atoms with Gasteiger partial charge in [-0.05, 0) is 68.1 Å². The van der Waals surface area contributed by atoms with Gasteiger partial charge in [0.25, 0.3) is 0 Å². The normalized spacial score (nSPS) is 12.2. The highest BCUT2D eigenvalue weighted by molar-refractivity contribution is 9.10. The Hall–Kier alpha value is -2.88. The number of hydrogen-bond acceptors (Lipinski definition) is 4. The van der Waals surface area contributed by atoms with E-state index < -0.39 is 16.1 Å². The summed E-state index contributed by atoms with van der Waals surface area (Å²) in [5.41, 5.74) is 2.95. The summed E-state index contributed by atoms with van der Waals surface area (Å²) in [6, 6.07) is 21.5. The van der Waals surface area contributed by atoms with Crippen molar-refractivity contribution in [2.75, 3.05) is 17.1 Å². The third-order valence-corrected chi connectivity index (χ3v) is 8.75. The smallest absolute Gasteiger partial charge is 0.243 e. The van der Waals surface area contributed by atoms with Crippen LogP contribution in [0.15, 0.2) is 77.3 Å². The predicted octanol–water partition coefficient (Wildman–Crippen LogP) is 6.12. The molecule has 2 amide bonds. The van der Waals surface area contributed by atoms with Gasteiger partial charge in [0.1, 0.15) is 6.04 Å². The molecule has 3 rings (SSSR count). The van der Waals surface area contributed by atoms with E-state index in [1.54, 1.807) is 30.0 Å². The molecule has 0 saturated carbocycles. The van der Waals surface area contributed by atoms with Gasteiger partial charge in [0.05, 0.1) is 11.9 Å². The van der Waals surface area contributed by atoms with Crippen LogP contribution in [0.3, 0.4) is 0 Å². The minimum Gasteiger partial charge on any atom is -0.352 e. The lowest BCUT2D eigenvalue weighted by Crippen LogP contribution is -2.51. The third kappa shape index (κ3) is 9.58. The maximum Gasteiger partial charge on any atom is 0.243 e. The van der Waals surface area contributed by atoms with Crippen LogP contribution >= 0.6 is 27.5 Å². The zero-order chi connectivity index (χ0) is 30.2. The van der Waals surface area contributed by atoms with Gasteiger partial charge in [0.2, 0.25) is 21.8 Å². The van der Waals surface area contributed by atoms with Crippen LogP contribution in [-0.4, -0.2) is 50.0 Å². The Balaban J connectivity index is 1.89. The second kappa shape index (κ2) is 14.8. The van der Waals surface area contributed by atoms with E-state index in [0.29, 0.717) is 22.7 Å². The number of sulfonamides is 1. The number of nitrogens with zero attached hydrogens (tertiary/aromatic N) is 2. The number of rotatable bonds is 13. The molecule has 0 fully saturated rings. The first-order chi connectivity index (χ1) is 19.4. The first-order valence-electron chi connectivity index (χ1n) is 13.5. The van der Waals surface area contributed by atoms with Gasteiger partial charge >= 0.3 is 0 Å². The number of carbonyl (C=O) groups is 2. The van der Waals surface area contributed by atoms with E-state index in [9.17, 15) is 18.0 Å². The number of benzene rings is 3. The van der Waals surface area contributed by atoms with Gasteiger partial charge in [-0.1, -0.05) is 76.1 Å². The summed E-state index contributed by atoms with van der Waals surface area (Å²) in [7, 11) is -3.63. The molecule has 0 aliphatic heterocycles. The fourth-order valence-corrected chi connectivity index (χ4v) is 6.02. The van der Waals surface area contributed by atoms with Gasteiger partial charge in [0, 0.05) is 41.5 Å². The van der Waals surface area contributed by atoms with Crippen molar-refractivity contribution >= 4 is 55.1 Å². The Bertz CT molecular complexity index is 1430. The van der Waals surface area contributed by atoms with Crippen LogP contribution in [0.1, 0.15) is 43.4 Å². The van der Waals surface area contributed by atoms with Crippen LogP contribution in [0.25, 0.3) is 0 Å². The lowest BCUT2D eigenvalue weighted by molar-refractivity contribution is -0.141. The van der Waals surface area contributed by atoms with E-state index in [0.717, 1.165) is 21.9 Å². The quantitative estimate of drug-likeness (QED) is 0.239. The fraction of sp³-hybridized carbons (Fsp3) is 0.355. The Labute approximate surface area is 257 Å². The molecule has 220 valence electrons. The molecule has 0 spiro atoms. The molecule has 41 heavy (non-hydrogen) atoms. The van der Waals surface area contributed by atoms with Crippen LogP contribution < -0.4 is 9.62 Å². The number of halogens is 2. The molecule has 1 atom stereocenters.